The van der Waals surface area contributed by atoms with Crippen molar-refractivity contribution in [3.8, 4) is 5.75 Å². The van der Waals surface area contributed by atoms with Gasteiger partial charge in [0.15, 0.2) is 0 Å². The Bertz CT molecular complexity index is 633. The van der Waals surface area contributed by atoms with Gasteiger partial charge in [-0.1, -0.05) is 17.7 Å². The molecule has 2 aromatic carbocycles. The monoisotopic (exact) mass is 282 g/mol. The van der Waals surface area contributed by atoms with E-state index in [0.717, 1.165) is 16.9 Å². The Kier molecular flexibility index (Phi) is 5.10. The van der Waals surface area contributed by atoms with E-state index in [2.05, 4.69) is 10.5 Å². The molecule has 0 saturated carbocycles. The normalized spacial score (nSPS) is 10.6. The van der Waals surface area contributed by atoms with Crippen molar-refractivity contribution in [2.24, 2.45) is 5.10 Å². The topological polar surface area (TPSA) is 50.7 Å². The van der Waals surface area contributed by atoms with Crippen LogP contribution in [0.2, 0.25) is 0 Å². The molecule has 0 saturated heterocycles. The summed E-state index contributed by atoms with van der Waals surface area (Å²) in [6.07, 6.45) is 1.60. The number of hydrazone groups is 1. The van der Waals surface area contributed by atoms with Crippen molar-refractivity contribution < 1.29 is 9.53 Å². The molecule has 0 spiro atoms. The van der Waals surface area contributed by atoms with Crippen LogP contribution in [-0.4, -0.2) is 18.7 Å². The lowest BCUT2D eigenvalue weighted by atomic mass is 10.1. The highest BCUT2D eigenvalue weighted by atomic mass is 16.5. The first-order valence-corrected chi connectivity index (χ1v) is 6.82. The fourth-order valence-corrected chi connectivity index (χ4v) is 1.83. The average molecular weight is 282 g/mol. The Labute approximate surface area is 124 Å². The first-order valence-electron chi connectivity index (χ1n) is 6.82. The van der Waals surface area contributed by atoms with Gasteiger partial charge >= 0.3 is 0 Å². The molecule has 0 aliphatic rings. The van der Waals surface area contributed by atoms with E-state index < -0.39 is 0 Å². The van der Waals surface area contributed by atoms with E-state index >= 15 is 0 Å². The number of nitrogens with zero attached hydrogens (tertiary/aromatic N) is 1. The third-order valence-corrected chi connectivity index (χ3v) is 2.85. The number of nitrogens with one attached hydrogen (secondary N) is 1. The predicted molar refractivity (Wildman–Crippen MR) is 83.9 cm³/mol. The van der Waals surface area contributed by atoms with Crippen molar-refractivity contribution in [2.45, 2.75) is 13.8 Å². The van der Waals surface area contributed by atoms with Crippen molar-refractivity contribution in [1.29, 1.82) is 0 Å². The van der Waals surface area contributed by atoms with Crippen LogP contribution >= 0.6 is 0 Å². The van der Waals surface area contributed by atoms with Crippen LogP contribution in [0.1, 0.15) is 28.4 Å². The molecule has 0 unspecified atom stereocenters. The van der Waals surface area contributed by atoms with E-state index in [1.807, 2.05) is 56.3 Å². The molecule has 108 valence electrons. The smallest absolute Gasteiger partial charge is 0.271 e. The van der Waals surface area contributed by atoms with Gasteiger partial charge in [0.05, 0.1) is 12.8 Å². The van der Waals surface area contributed by atoms with Crippen LogP contribution < -0.4 is 10.2 Å². The molecule has 0 atom stereocenters. The first-order chi connectivity index (χ1) is 10.2. The van der Waals surface area contributed by atoms with E-state index in [9.17, 15) is 4.79 Å². The number of benzene rings is 2. The zero-order chi connectivity index (χ0) is 15.1. The van der Waals surface area contributed by atoms with Crippen LogP contribution in [0.25, 0.3) is 0 Å². The van der Waals surface area contributed by atoms with E-state index in [4.69, 9.17) is 4.74 Å². The van der Waals surface area contributed by atoms with Gasteiger partial charge in [-0.25, -0.2) is 5.43 Å². The minimum Gasteiger partial charge on any atom is -0.494 e. The maximum atomic E-state index is 11.9. The number of rotatable bonds is 5. The maximum absolute atomic E-state index is 11.9. The molecule has 4 heteroatoms. The van der Waals surface area contributed by atoms with Crippen LogP contribution in [0.5, 0.6) is 5.75 Å². The third-order valence-electron chi connectivity index (χ3n) is 2.85. The molecule has 0 aromatic heterocycles. The Hall–Kier alpha value is -2.62. The van der Waals surface area contributed by atoms with Crippen molar-refractivity contribution in [3.63, 3.8) is 0 Å². The molecule has 0 aliphatic carbocycles. The van der Waals surface area contributed by atoms with Gasteiger partial charge in [-0.15, -0.1) is 0 Å². The molecule has 1 amide bonds. The SMILES string of the molecule is CCOc1ccc(/C=N\NC(=O)c2cccc(C)c2)cc1. The minimum atomic E-state index is -0.221. The second kappa shape index (κ2) is 7.24. The van der Waals surface area contributed by atoms with Gasteiger partial charge in [0.2, 0.25) is 0 Å². The van der Waals surface area contributed by atoms with Gasteiger partial charge in [-0.05, 0) is 55.8 Å². The van der Waals surface area contributed by atoms with E-state index in [-0.39, 0.29) is 5.91 Å². The summed E-state index contributed by atoms with van der Waals surface area (Å²) in [6, 6.07) is 14.9. The Morgan fingerprint density at radius 2 is 2.00 bits per heavy atom. The van der Waals surface area contributed by atoms with Crippen molar-refractivity contribution in [3.05, 3.63) is 65.2 Å². The summed E-state index contributed by atoms with van der Waals surface area (Å²) in [5, 5.41) is 3.96. The van der Waals surface area contributed by atoms with E-state index in [1.165, 1.54) is 0 Å². The molecule has 2 rings (SSSR count). The molecule has 0 fully saturated rings. The summed E-state index contributed by atoms with van der Waals surface area (Å²) >= 11 is 0. The quantitative estimate of drug-likeness (QED) is 0.676. The highest BCUT2D eigenvalue weighted by Gasteiger charge is 2.03. The number of hydrogen-bond donors (Lipinski definition) is 1. The molecule has 1 N–H and O–H groups in total. The molecule has 0 heterocycles. The van der Waals surface area contributed by atoms with Crippen LogP contribution in [0.4, 0.5) is 0 Å². The number of hydrogen-bond acceptors (Lipinski definition) is 3. The van der Waals surface area contributed by atoms with E-state index in [1.54, 1.807) is 12.3 Å². The number of aryl methyl sites for hydroxylation is 1. The molecule has 0 bridgehead atoms. The lowest BCUT2D eigenvalue weighted by Gasteiger charge is -2.02. The summed E-state index contributed by atoms with van der Waals surface area (Å²) in [4.78, 5) is 11.9. The second-order valence-electron chi connectivity index (χ2n) is 4.57. The number of carbonyl (C=O) groups is 1. The maximum Gasteiger partial charge on any atom is 0.271 e. The highest BCUT2D eigenvalue weighted by molar-refractivity contribution is 5.95. The van der Waals surface area contributed by atoms with Gasteiger partial charge in [-0.3, -0.25) is 4.79 Å². The van der Waals surface area contributed by atoms with Crippen molar-refractivity contribution in [1.82, 2.24) is 5.43 Å². The molecule has 2 aromatic rings. The highest BCUT2D eigenvalue weighted by Crippen LogP contribution is 2.10. The molecule has 4 nitrogen and oxygen atoms in total. The Morgan fingerprint density at radius 1 is 1.24 bits per heavy atom. The minimum absolute atomic E-state index is 0.221. The average Bonchev–Trinajstić information content (AvgIpc) is 2.49. The number of carbonyl (C=O) groups excluding carboxylic acids is 1. The Morgan fingerprint density at radius 3 is 2.67 bits per heavy atom. The summed E-state index contributed by atoms with van der Waals surface area (Å²) in [5.41, 5.74) is 5.04. The molecule has 21 heavy (non-hydrogen) atoms. The lowest BCUT2D eigenvalue weighted by molar-refractivity contribution is 0.0955. The molecule has 0 radical (unpaired) electrons. The largest absolute Gasteiger partial charge is 0.494 e. The zero-order valence-corrected chi connectivity index (χ0v) is 12.2. The second-order valence-corrected chi connectivity index (χ2v) is 4.57. The molecular weight excluding hydrogens is 264 g/mol. The van der Waals surface area contributed by atoms with Gasteiger partial charge < -0.3 is 4.74 Å². The van der Waals surface area contributed by atoms with Gasteiger partial charge in [-0.2, -0.15) is 5.10 Å². The number of ether oxygens (including phenoxy) is 1. The third kappa shape index (κ3) is 4.45. The fourth-order valence-electron chi connectivity index (χ4n) is 1.83. The fraction of sp³-hybridized carbons (Fsp3) is 0.176. The van der Waals surface area contributed by atoms with Crippen LogP contribution in [0.15, 0.2) is 53.6 Å². The van der Waals surface area contributed by atoms with Gasteiger partial charge in [0.1, 0.15) is 5.75 Å². The lowest BCUT2D eigenvalue weighted by Crippen LogP contribution is -2.17. The molecule has 0 aliphatic heterocycles. The van der Waals surface area contributed by atoms with E-state index in [0.29, 0.717) is 12.2 Å². The van der Waals surface area contributed by atoms with Crippen LogP contribution in [0.3, 0.4) is 0 Å². The molecular formula is C17H18N2O2. The predicted octanol–water partition coefficient (Wildman–Crippen LogP) is 3.16. The first kappa shape index (κ1) is 14.8. The van der Waals surface area contributed by atoms with Crippen LogP contribution in [-0.2, 0) is 0 Å². The van der Waals surface area contributed by atoms with Crippen LogP contribution in [0, 0.1) is 6.92 Å². The zero-order valence-electron chi connectivity index (χ0n) is 12.2. The van der Waals surface area contributed by atoms with Gasteiger partial charge in [0, 0.05) is 5.56 Å². The summed E-state index contributed by atoms with van der Waals surface area (Å²) < 4.78 is 5.36. The number of amides is 1. The van der Waals surface area contributed by atoms with Crippen molar-refractivity contribution in [2.75, 3.05) is 6.61 Å². The van der Waals surface area contributed by atoms with Gasteiger partial charge in [0.25, 0.3) is 5.91 Å². The van der Waals surface area contributed by atoms with Crippen molar-refractivity contribution >= 4 is 12.1 Å². The summed E-state index contributed by atoms with van der Waals surface area (Å²) in [6.45, 7) is 4.52. The Balaban J connectivity index is 1.94. The summed E-state index contributed by atoms with van der Waals surface area (Å²) in [7, 11) is 0. The standard InChI is InChI=1S/C17H18N2O2/c1-3-21-16-9-7-14(8-10-16)12-18-19-17(20)15-6-4-5-13(2)11-15/h4-12H,3H2,1-2H3,(H,19,20)/b18-12-. The summed E-state index contributed by atoms with van der Waals surface area (Å²) in [5.74, 6) is 0.597.